The van der Waals surface area contributed by atoms with E-state index < -0.39 is 24.5 Å². The Morgan fingerprint density at radius 3 is 2.30 bits per heavy atom. The molecule has 160 valence electrons. The van der Waals surface area contributed by atoms with Crippen LogP contribution in [0.1, 0.15) is 23.2 Å². The summed E-state index contributed by atoms with van der Waals surface area (Å²) < 4.78 is 55.0. The number of benzene rings is 2. The highest BCUT2D eigenvalue weighted by molar-refractivity contribution is 5.95. The molecule has 3 rings (SSSR count). The minimum absolute atomic E-state index is 0.0629. The lowest BCUT2D eigenvalue weighted by atomic mass is 9.95. The Labute approximate surface area is 170 Å². The van der Waals surface area contributed by atoms with Gasteiger partial charge in [-0.15, -0.1) is 0 Å². The van der Waals surface area contributed by atoms with Crippen molar-refractivity contribution in [1.29, 1.82) is 0 Å². The molecule has 1 aliphatic rings. The number of likely N-dealkylation sites (tertiary alicyclic amines) is 1. The van der Waals surface area contributed by atoms with Crippen LogP contribution >= 0.6 is 0 Å². The van der Waals surface area contributed by atoms with Crippen molar-refractivity contribution in [2.24, 2.45) is 5.92 Å². The summed E-state index contributed by atoms with van der Waals surface area (Å²) in [7, 11) is 0. The first-order valence-electron chi connectivity index (χ1n) is 9.37. The van der Waals surface area contributed by atoms with Crippen LogP contribution in [-0.4, -0.2) is 42.6 Å². The average molecular weight is 424 g/mol. The van der Waals surface area contributed by atoms with E-state index in [1.807, 2.05) is 0 Å². The van der Waals surface area contributed by atoms with E-state index in [1.54, 1.807) is 11.0 Å². The van der Waals surface area contributed by atoms with Gasteiger partial charge in [0, 0.05) is 24.6 Å². The molecule has 0 unspecified atom stereocenters. The van der Waals surface area contributed by atoms with E-state index in [1.165, 1.54) is 42.5 Å². The fourth-order valence-corrected chi connectivity index (χ4v) is 3.21. The zero-order valence-electron chi connectivity index (χ0n) is 15.9. The molecule has 2 amide bonds. The first-order valence-corrected chi connectivity index (χ1v) is 9.37. The van der Waals surface area contributed by atoms with Gasteiger partial charge in [0.05, 0.1) is 5.69 Å². The van der Waals surface area contributed by atoms with Gasteiger partial charge in [0.15, 0.2) is 6.61 Å². The predicted molar refractivity (Wildman–Crippen MR) is 102 cm³/mol. The van der Waals surface area contributed by atoms with Crippen LogP contribution in [0.5, 0.6) is 5.75 Å². The Morgan fingerprint density at radius 1 is 1.03 bits per heavy atom. The monoisotopic (exact) mass is 424 g/mol. The number of hydrogen-bond acceptors (Lipinski definition) is 3. The lowest BCUT2D eigenvalue weighted by Gasteiger charge is -2.31. The van der Waals surface area contributed by atoms with Crippen LogP contribution in [0.25, 0.3) is 0 Å². The number of nitrogens with one attached hydrogen (secondary N) is 1. The van der Waals surface area contributed by atoms with Crippen LogP contribution in [0.4, 0.5) is 23.2 Å². The number of para-hydroxylation sites is 2. The molecule has 2 aromatic rings. The Bertz CT molecular complexity index is 892. The molecule has 1 saturated heterocycles. The van der Waals surface area contributed by atoms with Gasteiger partial charge in [-0.2, -0.15) is 13.2 Å². The lowest BCUT2D eigenvalue weighted by molar-refractivity contribution is -0.153. The molecule has 0 bridgehead atoms. The Kier molecular flexibility index (Phi) is 6.59. The molecule has 1 fully saturated rings. The van der Waals surface area contributed by atoms with Crippen molar-refractivity contribution >= 4 is 17.5 Å². The van der Waals surface area contributed by atoms with Gasteiger partial charge in [0.1, 0.15) is 11.6 Å². The summed E-state index contributed by atoms with van der Waals surface area (Å²) in [5.74, 6) is -1.46. The molecule has 1 N–H and O–H groups in total. The first kappa shape index (κ1) is 21.6. The maximum absolute atomic E-state index is 13.0. The SMILES string of the molecule is O=C(Nc1ccccc1OCC(F)(F)F)C1CCN(C(=O)c2ccc(F)cc2)CC1. The van der Waals surface area contributed by atoms with Crippen molar-refractivity contribution in [3.8, 4) is 5.75 Å². The van der Waals surface area contributed by atoms with Gasteiger partial charge in [-0.1, -0.05) is 12.1 Å². The Balaban J connectivity index is 1.56. The number of rotatable bonds is 5. The van der Waals surface area contributed by atoms with Crippen molar-refractivity contribution in [2.75, 3.05) is 25.0 Å². The van der Waals surface area contributed by atoms with Crippen LogP contribution in [0.15, 0.2) is 48.5 Å². The zero-order valence-corrected chi connectivity index (χ0v) is 15.9. The number of anilines is 1. The quantitative estimate of drug-likeness (QED) is 0.730. The van der Waals surface area contributed by atoms with Crippen LogP contribution in [0.3, 0.4) is 0 Å². The molecule has 1 heterocycles. The largest absolute Gasteiger partial charge is 0.482 e. The number of ether oxygens (including phenoxy) is 1. The van der Waals surface area contributed by atoms with Gasteiger partial charge in [0.2, 0.25) is 5.91 Å². The summed E-state index contributed by atoms with van der Waals surface area (Å²) in [6.45, 7) is -0.759. The highest BCUT2D eigenvalue weighted by Crippen LogP contribution is 2.28. The van der Waals surface area contributed by atoms with E-state index >= 15 is 0 Å². The van der Waals surface area contributed by atoms with Gasteiger partial charge >= 0.3 is 6.18 Å². The van der Waals surface area contributed by atoms with Crippen LogP contribution in [-0.2, 0) is 4.79 Å². The first-order chi connectivity index (χ1) is 14.2. The third-order valence-corrected chi connectivity index (χ3v) is 4.78. The minimum atomic E-state index is -4.49. The highest BCUT2D eigenvalue weighted by Gasteiger charge is 2.30. The number of carbonyl (C=O) groups is 2. The number of nitrogens with zero attached hydrogens (tertiary/aromatic N) is 1. The third-order valence-electron chi connectivity index (χ3n) is 4.78. The summed E-state index contributed by atoms with van der Waals surface area (Å²) in [5.41, 5.74) is 0.534. The molecule has 30 heavy (non-hydrogen) atoms. The summed E-state index contributed by atoms with van der Waals surface area (Å²) in [6, 6.07) is 11.2. The Morgan fingerprint density at radius 2 is 1.67 bits per heavy atom. The molecule has 1 aliphatic heterocycles. The second-order valence-corrected chi connectivity index (χ2v) is 6.96. The molecule has 0 radical (unpaired) electrons. The average Bonchev–Trinajstić information content (AvgIpc) is 2.72. The minimum Gasteiger partial charge on any atom is -0.482 e. The van der Waals surface area contributed by atoms with Gasteiger partial charge in [-0.05, 0) is 49.2 Å². The van der Waals surface area contributed by atoms with Crippen LogP contribution in [0, 0.1) is 11.7 Å². The van der Waals surface area contributed by atoms with E-state index in [9.17, 15) is 27.2 Å². The fraction of sp³-hybridized carbons (Fsp3) is 0.333. The van der Waals surface area contributed by atoms with E-state index in [2.05, 4.69) is 5.32 Å². The third kappa shape index (κ3) is 5.71. The summed E-state index contributed by atoms with van der Waals surface area (Å²) in [4.78, 5) is 26.6. The Hall–Kier alpha value is -3.10. The van der Waals surface area contributed by atoms with E-state index in [0.29, 0.717) is 31.5 Å². The zero-order chi connectivity index (χ0) is 21.7. The summed E-state index contributed by atoms with van der Waals surface area (Å²) >= 11 is 0. The number of amides is 2. The van der Waals surface area contributed by atoms with Crippen LogP contribution in [0.2, 0.25) is 0 Å². The number of halogens is 4. The number of alkyl halides is 3. The molecule has 5 nitrogen and oxygen atoms in total. The van der Waals surface area contributed by atoms with Crippen molar-refractivity contribution in [2.45, 2.75) is 19.0 Å². The van der Waals surface area contributed by atoms with Gasteiger partial charge in [-0.3, -0.25) is 9.59 Å². The molecule has 0 aliphatic carbocycles. The van der Waals surface area contributed by atoms with Crippen LogP contribution < -0.4 is 10.1 Å². The molecular formula is C21H20F4N2O3. The number of piperidine rings is 1. The van der Waals surface area contributed by atoms with E-state index in [4.69, 9.17) is 4.74 Å². The van der Waals surface area contributed by atoms with Gasteiger partial charge < -0.3 is 15.0 Å². The van der Waals surface area contributed by atoms with Crippen molar-refractivity contribution in [3.63, 3.8) is 0 Å². The molecule has 2 aromatic carbocycles. The predicted octanol–water partition coefficient (Wildman–Crippen LogP) is 4.26. The fourth-order valence-electron chi connectivity index (χ4n) is 3.21. The molecular weight excluding hydrogens is 404 g/mol. The second kappa shape index (κ2) is 9.15. The van der Waals surface area contributed by atoms with Gasteiger partial charge in [-0.25, -0.2) is 4.39 Å². The molecule has 9 heteroatoms. The molecule has 0 aromatic heterocycles. The highest BCUT2D eigenvalue weighted by atomic mass is 19.4. The van der Waals surface area contributed by atoms with E-state index in [-0.39, 0.29) is 23.3 Å². The lowest BCUT2D eigenvalue weighted by Crippen LogP contribution is -2.41. The maximum Gasteiger partial charge on any atom is 0.422 e. The van der Waals surface area contributed by atoms with Crippen molar-refractivity contribution in [3.05, 3.63) is 59.9 Å². The second-order valence-electron chi connectivity index (χ2n) is 6.96. The molecule has 0 spiro atoms. The topological polar surface area (TPSA) is 58.6 Å². The number of carbonyl (C=O) groups excluding carboxylic acids is 2. The van der Waals surface area contributed by atoms with Crippen molar-refractivity contribution in [1.82, 2.24) is 4.90 Å². The van der Waals surface area contributed by atoms with Gasteiger partial charge in [0.25, 0.3) is 5.91 Å². The van der Waals surface area contributed by atoms with E-state index in [0.717, 1.165) is 0 Å². The summed E-state index contributed by atoms with van der Waals surface area (Å²) in [6.07, 6.45) is -3.67. The normalized spacial score (nSPS) is 15.0. The number of hydrogen-bond donors (Lipinski definition) is 1. The summed E-state index contributed by atoms with van der Waals surface area (Å²) in [5, 5.41) is 2.62. The molecule has 0 saturated carbocycles. The smallest absolute Gasteiger partial charge is 0.422 e. The maximum atomic E-state index is 13.0. The van der Waals surface area contributed by atoms with Crippen molar-refractivity contribution < 1.29 is 31.9 Å². The molecule has 0 atom stereocenters. The standard InChI is InChI=1S/C21H20F4N2O3/c22-16-7-5-15(6-8-16)20(29)27-11-9-14(10-12-27)19(28)26-17-3-1-2-4-18(17)30-13-21(23,24)25/h1-8,14H,9-13H2,(H,26,28).